The Bertz CT molecular complexity index is 539. The Labute approximate surface area is 117 Å². The number of sulfonamides is 1. The minimum atomic E-state index is -3.56. The van der Waals surface area contributed by atoms with Crippen molar-refractivity contribution in [3.05, 3.63) is 22.4 Å². The van der Waals surface area contributed by atoms with Gasteiger partial charge in [0.25, 0.3) is 0 Å². The van der Waals surface area contributed by atoms with E-state index in [0.29, 0.717) is 19.4 Å². The summed E-state index contributed by atoms with van der Waals surface area (Å²) >= 11 is 1.54. The number of primary sulfonamides is 1. The smallest absolute Gasteiger partial charge is 0.230 e. The summed E-state index contributed by atoms with van der Waals surface area (Å²) in [6.07, 6.45) is 1.22. The fourth-order valence-electron chi connectivity index (χ4n) is 2.34. The summed E-state index contributed by atoms with van der Waals surface area (Å²) in [5.74, 6) is -0.241. The first-order valence-electron chi connectivity index (χ1n) is 6.23. The average Bonchev–Trinajstić information content (AvgIpc) is 2.90. The molecule has 7 heteroatoms. The van der Waals surface area contributed by atoms with Crippen LogP contribution in [0, 0.1) is 0 Å². The van der Waals surface area contributed by atoms with Crippen LogP contribution in [0.15, 0.2) is 17.5 Å². The highest BCUT2D eigenvalue weighted by Crippen LogP contribution is 2.25. The van der Waals surface area contributed by atoms with Crippen LogP contribution in [0.1, 0.15) is 30.6 Å². The Hall–Kier alpha value is -0.920. The molecule has 2 N–H and O–H groups in total. The maximum Gasteiger partial charge on any atom is 0.230 e. The van der Waals surface area contributed by atoms with E-state index in [1.165, 1.54) is 11.3 Å². The normalized spacial score (nSPS) is 22.2. The minimum absolute atomic E-state index is 0.0178. The summed E-state index contributed by atoms with van der Waals surface area (Å²) in [6, 6.07) is 3.83. The van der Waals surface area contributed by atoms with Crippen molar-refractivity contribution >= 4 is 27.3 Å². The number of nitrogens with zero attached hydrogens (tertiary/aromatic N) is 1. The number of hydrogen-bond donors (Lipinski definition) is 1. The molecule has 0 bridgehead atoms. The van der Waals surface area contributed by atoms with Crippen LogP contribution in [0.3, 0.4) is 0 Å². The number of carbonyl (C=O) groups excluding carboxylic acids is 1. The lowest BCUT2D eigenvalue weighted by atomic mass is 10.1. The number of hydrogen-bond acceptors (Lipinski definition) is 4. The van der Waals surface area contributed by atoms with Gasteiger partial charge in [0.1, 0.15) is 0 Å². The van der Waals surface area contributed by atoms with Crippen molar-refractivity contribution in [3.63, 3.8) is 0 Å². The lowest BCUT2D eigenvalue weighted by Gasteiger charge is -2.33. The van der Waals surface area contributed by atoms with Crippen LogP contribution < -0.4 is 5.14 Å². The van der Waals surface area contributed by atoms with Crippen LogP contribution in [0.4, 0.5) is 0 Å². The van der Waals surface area contributed by atoms with Crippen LogP contribution in [0.25, 0.3) is 0 Å². The second-order valence-corrected chi connectivity index (χ2v) is 7.70. The van der Waals surface area contributed by atoms with Gasteiger partial charge in [-0.15, -0.1) is 11.3 Å². The first-order chi connectivity index (χ1) is 8.89. The van der Waals surface area contributed by atoms with Gasteiger partial charge in [0.05, 0.1) is 11.2 Å². The summed E-state index contributed by atoms with van der Waals surface area (Å²) < 4.78 is 22.8. The van der Waals surface area contributed by atoms with E-state index in [1.807, 2.05) is 24.4 Å². The van der Waals surface area contributed by atoms with Gasteiger partial charge in [-0.1, -0.05) is 6.07 Å². The van der Waals surface area contributed by atoms with E-state index in [0.717, 1.165) is 4.88 Å². The second kappa shape index (κ2) is 5.60. The fraction of sp³-hybridized carbons (Fsp3) is 0.583. The molecule has 0 unspecified atom stereocenters. The Morgan fingerprint density at radius 1 is 1.58 bits per heavy atom. The van der Waals surface area contributed by atoms with Gasteiger partial charge in [0, 0.05) is 18.0 Å². The lowest BCUT2D eigenvalue weighted by molar-refractivity contribution is -0.133. The van der Waals surface area contributed by atoms with E-state index in [-0.39, 0.29) is 18.4 Å². The van der Waals surface area contributed by atoms with E-state index < -0.39 is 15.3 Å². The molecule has 2 heterocycles. The number of likely N-dealkylation sites (tertiary alicyclic amines) is 1. The molecule has 1 aromatic rings. The van der Waals surface area contributed by atoms with E-state index in [2.05, 4.69) is 0 Å². The zero-order chi connectivity index (χ0) is 14.0. The van der Waals surface area contributed by atoms with Gasteiger partial charge >= 0.3 is 0 Å². The van der Waals surface area contributed by atoms with Gasteiger partial charge < -0.3 is 4.90 Å². The summed E-state index contributed by atoms with van der Waals surface area (Å²) in [6.45, 7) is 2.68. The van der Waals surface area contributed by atoms with Gasteiger partial charge in [-0.25, -0.2) is 13.6 Å². The largest absolute Gasteiger partial charge is 0.341 e. The quantitative estimate of drug-likeness (QED) is 0.909. The predicted molar refractivity (Wildman–Crippen MR) is 75.4 cm³/mol. The Morgan fingerprint density at radius 3 is 2.89 bits per heavy atom. The topological polar surface area (TPSA) is 80.5 Å². The average molecular weight is 302 g/mol. The van der Waals surface area contributed by atoms with Crippen LogP contribution >= 0.6 is 11.3 Å². The molecular formula is C12H18N2O3S2. The molecule has 2 atom stereocenters. The van der Waals surface area contributed by atoms with Crippen LogP contribution in [0.5, 0.6) is 0 Å². The third-order valence-electron chi connectivity index (χ3n) is 3.49. The number of amides is 1. The molecule has 1 amide bonds. The van der Waals surface area contributed by atoms with E-state index >= 15 is 0 Å². The zero-order valence-electron chi connectivity index (χ0n) is 10.8. The van der Waals surface area contributed by atoms with Gasteiger partial charge in [0.15, 0.2) is 0 Å². The SMILES string of the molecule is C[C@@H](C(=O)N1CCC[C@H](S(N)(=O)=O)C1)c1cccs1. The fourth-order valence-corrected chi connectivity index (χ4v) is 4.00. The molecule has 0 aliphatic carbocycles. The highest BCUT2D eigenvalue weighted by Gasteiger charge is 2.32. The second-order valence-electron chi connectivity index (χ2n) is 4.87. The first kappa shape index (κ1) is 14.5. The lowest BCUT2D eigenvalue weighted by Crippen LogP contribution is -2.48. The summed E-state index contributed by atoms with van der Waals surface area (Å²) in [4.78, 5) is 15.0. The molecule has 19 heavy (non-hydrogen) atoms. The van der Waals surface area contributed by atoms with E-state index in [9.17, 15) is 13.2 Å². The summed E-state index contributed by atoms with van der Waals surface area (Å²) in [7, 11) is -3.56. The van der Waals surface area contributed by atoms with Gasteiger partial charge in [0.2, 0.25) is 15.9 Å². The van der Waals surface area contributed by atoms with Gasteiger partial charge in [-0.05, 0) is 31.2 Å². The Morgan fingerprint density at radius 2 is 2.32 bits per heavy atom. The van der Waals surface area contributed by atoms with Crippen LogP contribution in [0.2, 0.25) is 0 Å². The zero-order valence-corrected chi connectivity index (χ0v) is 12.4. The molecule has 1 aliphatic rings. The van der Waals surface area contributed by atoms with Gasteiger partial charge in [-0.2, -0.15) is 0 Å². The monoisotopic (exact) mass is 302 g/mol. The van der Waals surface area contributed by atoms with Crippen molar-refractivity contribution in [3.8, 4) is 0 Å². The molecule has 1 saturated heterocycles. The third kappa shape index (κ3) is 3.34. The van der Waals surface area contributed by atoms with Crippen molar-refractivity contribution in [1.29, 1.82) is 0 Å². The van der Waals surface area contributed by atoms with Crippen molar-refractivity contribution in [2.45, 2.75) is 30.9 Å². The number of rotatable bonds is 3. The van der Waals surface area contributed by atoms with Gasteiger partial charge in [-0.3, -0.25) is 4.79 Å². The molecule has 0 spiro atoms. The molecule has 0 radical (unpaired) electrons. The molecule has 5 nitrogen and oxygen atoms in total. The maximum atomic E-state index is 12.4. The highest BCUT2D eigenvalue weighted by atomic mass is 32.2. The standard InChI is InChI=1S/C12H18N2O3S2/c1-9(11-5-3-7-18-11)12(15)14-6-2-4-10(8-14)19(13,16)17/h3,5,7,9-10H,2,4,6,8H2,1H3,(H2,13,16,17)/t9-,10+/m1/s1. The first-order valence-corrected chi connectivity index (χ1v) is 8.72. The van der Waals surface area contributed by atoms with Crippen molar-refractivity contribution in [2.75, 3.05) is 13.1 Å². The molecule has 1 fully saturated rings. The predicted octanol–water partition coefficient (Wildman–Crippen LogP) is 1.13. The number of piperidine rings is 1. The summed E-state index contributed by atoms with van der Waals surface area (Å²) in [5, 5.41) is 6.49. The molecular weight excluding hydrogens is 284 g/mol. The number of thiophene rings is 1. The molecule has 0 saturated carbocycles. The third-order valence-corrected chi connectivity index (χ3v) is 5.86. The van der Waals surface area contributed by atoms with Crippen LogP contribution in [-0.4, -0.2) is 37.6 Å². The molecule has 2 rings (SSSR count). The minimum Gasteiger partial charge on any atom is -0.341 e. The Kier molecular flexibility index (Phi) is 4.27. The highest BCUT2D eigenvalue weighted by molar-refractivity contribution is 7.89. The molecule has 106 valence electrons. The van der Waals surface area contributed by atoms with E-state index in [4.69, 9.17) is 5.14 Å². The number of nitrogens with two attached hydrogens (primary N) is 1. The molecule has 0 aromatic carbocycles. The summed E-state index contributed by atoms with van der Waals surface area (Å²) in [5.41, 5.74) is 0. The van der Waals surface area contributed by atoms with Crippen molar-refractivity contribution in [1.82, 2.24) is 4.90 Å². The van der Waals surface area contributed by atoms with E-state index in [1.54, 1.807) is 4.90 Å². The molecule has 1 aliphatic heterocycles. The number of carbonyl (C=O) groups is 1. The maximum absolute atomic E-state index is 12.4. The Balaban J connectivity index is 2.07. The van der Waals surface area contributed by atoms with Crippen molar-refractivity contribution < 1.29 is 13.2 Å². The molecule has 1 aromatic heterocycles. The van der Waals surface area contributed by atoms with Crippen LogP contribution in [-0.2, 0) is 14.8 Å². The van der Waals surface area contributed by atoms with Crippen molar-refractivity contribution in [2.24, 2.45) is 5.14 Å².